The van der Waals surface area contributed by atoms with E-state index in [4.69, 9.17) is 4.98 Å². The van der Waals surface area contributed by atoms with Gasteiger partial charge in [0, 0.05) is 29.6 Å². The molecule has 0 spiro atoms. The third-order valence-electron chi connectivity index (χ3n) is 6.06. The van der Waals surface area contributed by atoms with Gasteiger partial charge in [0.15, 0.2) is 11.5 Å². The van der Waals surface area contributed by atoms with Crippen molar-refractivity contribution in [1.82, 2.24) is 29.9 Å². The maximum absolute atomic E-state index is 14.9. The average Bonchev–Trinajstić information content (AvgIpc) is 3.35. The van der Waals surface area contributed by atoms with Crippen LogP contribution in [0.5, 0.6) is 0 Å². The van der Waals surface area contributed by atoms with Gasteiger partial charge in [0.25, 0.3) is 5.91 Å². The number of halogens is 2. The van der Waals surface area contributed by atoms with Crippen molar-refractivity contribution in [3.05, 3.63) is 90.0 Å². The lowest BCUT2D eigenvalue weighted by Gasteiger charge is -2.11. The number of carbonyl (C=O) groups excluding carboxylic acids is 1. The molecule has 10 heteroatoms. The van der Waals surface area contributed by atoms with Crippen molar-refractivity contribution in [2.24, 2.45) is 0 Å². The van der Waals surface area contributed by atoms with Gasteiger partial charge in [0.05, 0.1) is 35.4 Å². The van der Waals surface area contributed by atoms with Crippen LogP contribution in [-0.2, 0) is 6.54 Å². The zero-order valence-electron chi connectivity index (χ0n) is 19.0. The number of hydrogen-bond acceptors (Lipinski definition) is 5. The molecule has 5 aromatic rings. The molecule has 1 aliphatic carbocycles. The lowest BCUT2D eigenvalue weighted by atomic mass is 10.1. The molecule has 3 heterocycles. The van der Waals surface area contributed by atoms with Gasteiger partial charge in [-0.05, 0) is 55.3 Å². The standard InChI is InChI=1S/C26H21F2N7O/c27-17-4-1-15(2-5-17)22-14-35-23(13-30-25(35)24(33-22)29-12-19-9-10-31-34-19)16-3-8-20(21(28)11-16)26(36)32-18-6-7-18/h1-5,8-11,13-14,18H,6-7,12H2,(H,29,33)(H,31,34)(H,32,36). The quantitative estimate of drug-likeness (QED) is 0.314. The second-order valence-electron chi connectivity index (χ2n) is 8.70. The third kappa shape index (κ3) is 4.28. The second-order valence-corrected chi connectivity index (χ2v) is 8.70. The lowest BCUT2D eigenvalue weighted by Crippen LogP contribution is -2.26. The van der Waals surface area contributed by atoms with Crippen LogP contribution in [-0.4, -0.2) is 36.5 Å². The number of amides is 1. The molecule has 2 aromatic carbocycles. The summed E-state index contributed by atoms with van der Waals surface area (Å²) in [4.78, 5) is 21.6. The van der Waals surface area contributed by atoms with Gasteiger partial charge in [-0.3, -0.25) is 14.3 Å². The van der Waals surface area contributed by atoms with Gasteiger partial charge in [0.1, 0.15) is 11.6 Å². The third-order valence-corrected chi connectivity index (χ3v) is 6.06. The predicted octanol–water partition coefficient (Wildman–Crippen LogP) is 4.57. The molecule has 1 aliphatic rings. The van der Waals surface area contributed by atoms with E-state index in [1.54, 1.807) is 41.2 Å². The predicted molar refractivity (Wildman–Crippen MR) is 130 cm³/mol. The summed E-state index contributed by atoms with van der Waals surface area (Å²) >= 11 is 0. The van der Waals surface area contributed by atoms with Crippen LogP contribution in [0.15, 0.2) is 67.1 Å². The van der Waals surface area contributed by atoms with Gasteiger partial charge in [0.2, 0.25) is 0 Å². The molecule has 180 valence electrons. The van der Waals surface area contributed by atoms with Crippen LogP contribution in [0.4, 0.5) is 14.6 Å². The number of nitrogens with zero attached hydrogens (tertiary/aromatic N) is 4. The number of aromatic nitrogens is 5. The summed E-state index contributed by atoms with van der Waals surface area (Å²) in [5, 5.41) is 12.9. The number of hydrogen-bond donors (Lipinski definition) is 3. The SMILES string of the molecule is O=C(NC1CC1)c1ccc(-c2cnc3c(NCc4ccn[nH]4)nc(-c4ccc(F)cc4)cn23)cc1F. The summed E-state index contributed by atoms with van der Waals surface area (Å²) < 4.78 is 30.3. The Labute approximate surface area is 204 Å². The smallest absolute Gasteiger partial charge is 0.254 e. The first kappa shape index (κ1) is 21.9. The normalized spacial score (nSPS) is 13.2. The molecule has 0 bridgehead atoms. The number of rotatable bonds is 7. The van der Waals surface area contributed by atoms with Crippen LogP contribution in [0.25, 0.3) is 28.2 Å². The molecule has 1 amide bonds. The first-order chi connectivity index (χ1) is 17.5. The number of nitrogens with one attached hydrogen (secondary N) is 3. The number of fused-ring (bicyclic) bond motifs is 1. The number of imidazole rings is 1. The Kier molecular flexibility index (Phi) is 5.40. The highest BCUT2D eigenvalue weighted by Crippen LogP contribution is 2.29. The zero-order valence-corrected chi connectivity index (χ0v) is 19.0. The van der Waals surface area contributed by atoms with Crippen LogP contribution >= 0.6 is 0 Å². The van der Waals surface area contributed by atoms with E-state index < -0.39 is 11.7 Å². The largest absolute Gasteiger partial charge is 0.361 e. The van der Waals surface area contributed by atoms with E-state index in [2.05, 4.69) is 25.8 Å². The van der Waals surface area contributed by atoms with Gasteiger partial charge in [-0.2, -0.15) is 5.10 Å². The highest BCUT2D eigenvalue weighted by atomic mass is 19.1. The van der Waals surface area contributed by atoms with Crippen LogP contribution in [0.1, 0.15) is 28.9 Å². The number of H-pyrrole nitrogens is 1. The first-order valence-corrected chi connectivity index (χ1v) is 11.5. The number of benzene rings is 2. The van der Waals surface area contributed by atoms with Crippen molar-refractivity contribution in [3.63, 3.8) is 0 Å². The molecule has 3 N–H and O–H groups in total. The van der Waals surface area contributed by atoms with E-state index in [1.807, 2.05) is 6.07 Å². The molecule has 0 saturated heterocycles. The molecule has 0 atom stereocenters. The van der Waals surface area contributed by atoms with Gasteiger partial charge in [-0.1, -0.05) is 6.07 Å². The van der Waals surface area contributed by atoms with Crippen molar-refractivity contribution in [3.8, 4) is 22.5 Å². The summed E-state index contributed by atoms with van der Waals surface area (Å²) in [6, 6.07) is 12.5. The summed E-state index contributed by atoms with van der Waals surface area (Å²) in [6.45, 7) is 0.428. The molecule has 36 heavy (non-hydrogen) atoms. The monoisotopic (exact) mass is 485 g/mol. The fourth-order valence-corrected chi connectivity index (χ4v) is 3.99. The molecule has 0 aliphatic heterocycles. The summed E-state index contributed by atoms with van der Waals surface area (Å²) in [7, 11) is 0. The minimum absolute atomic E-state index is 0.00931. The minimum Gasteiger partial charge on any atom is -0.361 e. The topological polar surface area (TPSA) is 100 Å². The molecule has 0 radical (unpaired) electrons. The Morgan fingerprint density at radius 2 is 1.89 bits per heavy atom. The van der Waals surface area contributed by atoms with Crippen LogP contribution < -0.4 is 10.6 Å². The summed E-state index contributed by atoms with van der Waals surface area (Å²) in [5.41, 5.74) is 3.86. The Hall–Kier alpha value is -4.60. The van der Waals surface area contributed by atoms with E-state index in [-0.39, 0.29) is 17.4 Å². The van der Waals surface area contributed by atoms with Crippen molar-refractivity contribution in [2.75, 3.05) is 5.32 Å². The van der Waals surface area contributed by atoms with Crippen molar-refractivity contribution >= 4 is 17.4 Å². The van der Waals surface area contributed by atoms with Crippen LogP contribution in [0.2, 0.25) is 0 Å². The summed E-state index contributed by atoms with van der Waals surface area (Å²) in [5.74, 6) is -0.862. The molecule has 3 aromatic heterocycles. The Bertz CT molecular complexity index is 1560. The van der Waals surface area contributed by atoms with Crippen molar-refractivity contribution in [2.45, 2.75) is 25.4 Å². The molecule has 6 rings (SSSR count). The minimum atomic E-state index is -0.606. The summed E-state index contributed by atoms with van der Waals surface area (Å²) in [6.07, 6.45) is 6.91. The van der Waals surface area contributed by atoms with E-state index in [0.29, 0.717) is 40.5 Å². The van der Waals surface area contributed by atoms with Crippen molar-refractivity contribution < 1.29 is 13.6 Å². The van der Waals surface area contributed by atoms with Crippen LogP contribution in [0, 0.1) is 11.6 Å². The number of aromatic amines is 1. The Balaban J connectivity index is 1.41. The second kappa shape index (κ2) is 8.88. The van der Waals surface area contributed by atoms with E-state index >= 15 is 0 Å². The van der Waals surface area contributed by atoms with E-state index in [1.165, 1.54) is 24.3 Å². The molecular weight excluding hydrogens is 464 g/mol. The molecular formula is C26H21F2N7O. The number of carbonyl (C=O) groups is 1. The Morgan fingerprint density at radius 3 is 2.61 bits per heavy atom. The fourth-order valence-electron chi connectivity index (χ4n) is 3.99. The molecule has 8 nitrogen and oxygen atoms in total. The maximum Gasteiger partial charge on any atom is 0.254 e. The van der Waals surface area contributed by atoms with Gasteiger partial charge >= 0.3 is 0 Å². The van der Waals surface area contributed by atoms with E-state index in [0.717, 1.165) is 18.5 Å². The lowest BCUT2D eigenvalue weighted by molar-refractivity contribution is 0.0947. The maximum atomic E-state index is 14.9. The highest BCUT2D eigenvalue weighted by molar-refractivity contribution is 5.95. The average molecular weight is 485 g/mol. The molecule has 1 saturated carbocycles. The van der Waals surface area contributed by atoms with Gasteiger partial charge in [-0.15, -0.1) is 0 Å². The number of anilines is 1. The molecule has 1 fully saturated rings. The van der Waals surface area contributed by atoms with E-state index in [9.17, 15) is 13.6 Å². The molecule has 0 unspecified atom stereocenters. The Morgan fingerprint density at radius 1 is 1.08 bits per heavy atom. The zero-order chi connectivity index (χ0) is 24.6. The first-order valence-electron chi connectivity index (χ1n) is 11.5. The van der Waals surface area contributed by atoms with Gasteiger partial charge in [-0.25, -0.2) is 18.7 Å². The van der Waals surface area contributed by atoms with Crippen LogP contribution in [0.3, 0.4) is 0 Å². The van der Waals surface area contributed by atoms with Gasteiger partial charge < -0.3 is 10.6 Å². The fraction of sp³-hybridized carbons (Fsp3) is 0.154. The highest BCUT2D eigenvalue weighted by Gasteiger charge is 2.25. The van der Waals surface area contributed by atoms with Crippen molar-refractivity contribution in [1.29, 1.82) is 0 Å².